The summed E-state index contributed by atoms with van der Waals surface area (Å²) in [4.78, 5) is 0. The molecule has 3 nitrogen and oxygen atoms in total. The van der Waals surface area contributed by atoms with Gasteiger partial charge in [0, 0.05) is 0 Å². The average Bonchev–Trinajstić information content (AvgIpc) is 2.50. The molecule has 0 saturated heterocycles. The van der Waals surface area contributed by atoms with Crippen LogP contribution >= 0.6 is 0 Å². The van der Waals surface area contributed by atoms with Crippen LogP contribution in [0.3, 0.4) is 0 Å². The maximum absolute atomic E-state index is 9.47. The molecule has 0 aliphatic rings. The number of rotatable bonds is 7. The minimum absolute atomic E-state index is 0.0436. The largest absolute Gasteiger partial charge is 0.508 e. The zero-order chi connectivity index (χ0) is 15.9. The lowest BCUT2D eigenvalue weighted by molar-refractivity contribution is 0.403. The molecular weight excluding hydrogens is 276 g/mol. The molecule has 2 rings (SSSR count). The standard InChI is InChI=1S/C19H24O3/c1-14(5-6-15-7-10-17(20)11-8-15)3-2-4-16-9-12-18(21)19(22)13-16/h7-14,20-22H,2-6H2,1H3. The molecule has 0 aromatic heterocycles. The predicted molar refractivity (Wildman–Crippen MR) is 88.3 cm³/mol. The second-order valence-electron chi connectivity index (χ2n) is 6.03. The lowest BCUT2D eigenvalue weighted by atomic mass is 9.95. The Kier molecular flexibility index (Phi) is 5.70. The summed E-state index contributed by atoms with van der Waals surface area (Å²) < 4.78 is 0. The summed E-state index contributed by atoms with van der Waals surface area (Å²) in [5.41, 5.74) is 2.31. The number of hydrogen-bond donors (Lipinski definition) is 3. The number of aryl methyl sites for hydroxylation is 2. The van der Waals surface area contributed by atoms with Crippen LogP contribution in [0.1, 0.15) is 37.3 Å². The van der Waals surface area contributed by atoms with Gasteiger partial charge in [-0.05, 0) is 67.0 Å². The van der Waals surface area contributed by atoms with Crippen LogP contribution in [0.15, 0.2) is 42.5 Å². The van der Waals surface area contributed by atoms with Crippen LogP contribution in [0, 0.1) is 5.92 Å². The van der Waals surface area contributed by atoms with Crippen molar-refractivity contribution < 1.29 is 15.3 Å². The Morgan fingerprint density at radius 1 is 0.773 bits per heavy atom. The van der Waals surface area contributed by atoms with Crippen molar-refractivity contribution in [1.29, 1.82) is 0 Å². The maximum atomic E-state index is 9.47. The van der Waals surface area contributed by atoms with Gasteiger partial charge in [0.15, 0.2) is 11.5 Å². The molecule has 118 valence electrons. The Bertz CT molecular complexity index is 590. The van der Waals surface area contributed by atoms with Crippen LogP contribution < -0.4 is 0 Å². The van der Waals surface area contributed by atoms with Gasteiger partial charge in [0.05, 0.1) is 0 Å². The highest BCUT2D eigenvalue weighted by Gasteiger charge is 2.05. The number of phenols is 3. The smallest absolute Gasteiger partial charge is 0.157 e. The van der Waals surface area contributed by atoms with Crippen molar-refractivity contribution in [3.63, 3.8) is 0 Å². The maximum Gasteiger partial charge on any atom is 0.157 e. The third-order valence-corrected chi connectivity index (χ3v) is 4.06. The van der Waals surface area contributed by atoms with Gasteiger partial charge in [-0.15, -0.1) is 0 Å². The topological polar surface area (TPSA) is 60.7 Å². The highest BCUT2D eigenvalue weighted by atomic mass is 16.3. The summed E-state index contributed by atoms with van der Waals surface area (Å²) in [7, 11) is 0. The quantitative estimate of drug-likeness (QED) is 0.664. The molecule has 22 heavy (non-hydrogen) atoms. The monoisotopic (exact) mass is 300 g/mol. The molecule has 0 spiro atoms. The van der Waals surface area contributed by atoms with Crippen molar-refractivity contribution >= 4 is 0 Å². The van der Waals surface area contributed by atoms with E-state index in [-0.39, 0.29) is 11.5 Å². The van der Waals surface area contributed by atoms with Crippen LogP contribution in [-0.4, -0.2) is 15.3 Å². The van der Waals surface area contributed by atoms with Gasteiger partial charge in [-0.1, -0.05) is 31.5 Å². The van der Waals surface area contributed by atoms with E-state index in [1.807, 2.05) is 18.2 Å². The fourth-order valence-electron chi connectivity index (χ4n) is 2.60. The van der Waals surface area contributed by atoms with Gasteiger partial charge in [0.25, 0.3) is 0 Å². The highest BCUT2D eigenvalue weighted by Crippen LogP contribution is 2.26. The van der Waals surface area contributed by atoms with E-state index in [0.717, 1.165) is 37.7 Å². The summed E-state index contributed by atoms with van der Waals surface area (Å²) in [5.74, 6) is 0.845. The lowest BCUT2D eigenvalue weighted by Crippen LogP contribution is -1.99. The molecule has 0 radical (unpaired) electrons. The fraction of sp³-hybridized carbons (Fsp3) is 0.368. The molecule has 0 amide bonds. The SMILES string of the molecule is CC(CCCc1ccc(O)c(O)c1)CCc1ccc(O)cc1. The summed E-state index contributed by atoms with van der Waals surface area (Å²) >= 11 is 0. The Morgan fingerprint density at radius 3 is 2.14 bits per heavy atom. The van der Waals surface area contributed by atoms with Crippen molar-refractivity contribution in [2.45, 2.75) is 39.0 Å². The van der Waals surface area contributed by atoms with Crippen molar-refractivity contribution in [3.8, 4) is 17.2 Å². The summed E-state index contributed by atoms with van der Waals surface area (Å²) in [6, 6.07) is 12.4. The molecule has 2 aromatic carbocycles. The highest BCUT2D eigenvalue weighted by molar-refractivity contribution is 5.40. The van der Waals surface area contributed by atoms with Crippen molar-refractivity contribution in [3.05, 3.63) is 53.6 Å². The second-order valence-corrected chi connectivity index (χ2v) is 6.03. The second kappa shape index (κ2) is 7.74. The van der Waals surface area contributed by atoms with Crippen molar-refractivity contribution in [2.75, 3.05) is 0 Å². The molecule has 0 bridgehead atoms. The molecule has 3 N–H and O–H groups in total. The van der Waals surface area contributed by atoms with E-state index >= 15 is 0 Å². The van der Waals surface area contributed by atoms with E-state index in [9.17, 15) is 15.3 Å². The molecular formula is C19H24O3. The minimum Gasteiger partial charge on any atom is -0.508 e. The van der Waals surface area contributed by atoms with Crippen molar-refractivity contribution in [2.24, 2.45) is 5.92 Å². The Labute approximate surface area is 131 Å². The van der Waals surface area contributed by atoms with E-state index in [1.54, 1.807) is 24.3 Å². The van der Waals surface area contributed by atoms with Gasteiger partial charge in [-0.25, -0.2) is 0 Å². The molecule has 0 saturated carbocycles. The molecule has 0 aliphatic carbocycles. The van der Waals surface area contributed by atoms with Crippen LogP contribution in [0.4, 0.5) is 0 Å². The predicted octanol–water partition coefficient (Wildman–Crippen LogP) is 4.40. The van der Waals surface area contributed by atoms with Gasteiger partial charge in [0.2, 0.25) is 0 Å². The van der Waals surface area contributed by atoms with E-state index in [2.05, 4.69) is 6.92 Å². The first-order valence-electron chi connectivity index (χ1n) is 7.83. The first-order valence-corrected chi connectivity index (χ1v) is 7.83. The fourth-order valence-corrected chi connectivity index (χ4v) is 2.60. The molecule has 2 aromatic rings. The zero-order valence-electron chi connectivity index (χ0n) is 13.0. The van der Waals surface area contributed by atoms with E-state index < -0.39 is 0 Å². The Balaban J connectivity index is 1.70. The molecule has 1 atom stereocenters. The lowest BCUT2D eigenvalue weighted by Gasteiger charge is -2.11. The van der Waals surface area contributed by atoms with Gasteiger partial charge in [-0.2, -0.15) is 0 Å². The van der Waals surface area contributed by atoms with Gasteiger partial charge >= 0.3 is 0 Å². The molecule has 3 heteroatoms. The summed E-state index contributed by atoms with van der Waals surface area (Å²) in [6.07, 6.45) is 5.28. The van der Waals surface area contributed by atoms with E-state index in [1.165, 1.54) is 5.56 Å². The molecule has 0 aliphatic heterocycles. The van der Waals surface area contributed by atoms with Gasteiger partial charge in [-0.3, -0.25) is 0 Å². The first kappa shape index (κ1) is 16.2. The Morgan fingerprint density at radius 2 is 1.45 bits per heavy atom. The number of benzene rings is 2. The number of hydrogen-bond acceptors (Lipinski definition) is 3. The number of phenolic OH excluding ortho intramolecular Hbond substituents is 3. The first-order chi connectivity index (χ1) is 10.5. The number of aromatic hydroxyl groups is 3. The summed E-state index contributed by atoms with van der Waals surface area (Å²) in [5, 5.41) is 28.0. The van der Waals surface area contributed by atoms with Crippen molar-refractivity contribution in [1.82, 2.24) is 0 Å². The molecule has 1 unspecified atom stereocenters. The third kappa shape index (κ3) is 4.99. The normalized spacial score (nSPS) is 12.2. The van der Waals surface area contributed by atoms with E-state index in [4.69, 9.17) is 0 Å². The van der Waals surface area contributed by atoms with Crippen LogP contribution in [0.5, 0.6) is 17.2 Å². The van der Waals surface area contributed by atoms with Gasteiger partial charge in [0.1, 0.15) is 5.75 Å². The zero-order valence-corrected chi connectivity index (χ0v) is 13.0. The minimum atomic E-state index is -0.0639. The average molecular weight is 300 g/mol. The molecule has 0 fully saturated rings. The van der Waals surface area contributed by atoms with Crippen LogP contribution in [0.2, 0.25) is 0 Å². The van der Waals surface area contributed by atoms with Crippen LogP contribution in [-0.2, 0) is 12.8 Å². The summed E-state index contributed by atoms with van der Waals surface area (Å²) in [6.45, 7) is 2.26. The van der Waals surface area contributed by atoms with E-state index in [0.29, 0.717) is 11.7 Å². The molecule has 0 heterocycles. The van der Waals surface area contributed by atoms with Gasteiger partial charge < -0.3 is 15.3 Å². The van der Waals surface area contributed by atoms with Crippen LogP contribution in [0.25, 0.3) is 0 Å². The Hall–Kier alpha value is -2.16. The third-order valence-electron chi connectivity index (χ3n) is 4.06.